The van der Waals surface area contributed by atoms with E-state index in [2.05, 4.69) is 36.1 Å². The number of anilines is 1. The van der Waals surface area contributed by atoms with Gasteiger partial charge < -0.3 is 10.2 Å². The fourth-order valence-corrected chi connectivity index (χ4v) is 2.99. The third-order valence-electron chi connectivity index (χ3n) is 4.00. The lowest BCUT2D eigenvalue weighted by atomic mass is 9.90. The highest BCUT2D eigenvalue weighted by molar-refractivity contribution is 5.55. The number of piperazine rings is 1. The van der Waals surface area contributed by atoms with Crippen LogP contribution in [-0.4, -0.2) is 36.0 Å². The van der Waals surface area contributed by atoms with Crippen molar-refractivity contribution in [3.05, 3.63) is 42.0 Å². The van der Waals surface area contributed by atoms with Crippen LogP contribution in [0.5, 0.6) is 0 Å². The van der Waals surface area contributed by atoms with Gasteiger partial charge in [0.25, 0.3) is 0 Å². The van der Waals surface area contributed by atoms with Gasteiger partial charge in [-0.2, -0.15) is 5.10 Å². The Bertz CT molecular complexity index is 651. The highest BCUT2D eigenvalue weighted by Crippen LogP contribution is 2.34. The number of para-hydroxylation sites is 1. The number of hydrogen-bond donors (Lipinski definition) is 1. The van der Waals surface area contributed by atoms with Crippen molar-refractivity contribution >= 4 is 5.69 Å². The van der Waals surface area contributed by atoms with Crippen molar-refractivity contribution in [2.24, 2.45) is 0 Å². The van der Waals surface area contributed by atoms with E-state index in [4.69, 9.17) is 0 Å². The van der Waals surface area contributed by atoms with Crippen molar-refractivity contribution in [1.29, 1.82) is 0 Å². The molecule has 1 saturated heterocycles. The van der Waals surface area contributed by atoms with Gasteiger partial charge in [0.1, 0.15) is 11.5 Å². The molecule has 1 aliphatic heterocycles. The summed E-state index contributed by atoms with van der Waals surface area (Å²) in [6.45, 7) is 10.3. The maximum atomic E-state index is 14.2. The van der Waals surface area contributed by atoms with Crippen LogP contribution in [0.1, 0.15) is 26.5 Å². The number of halogens is 1. The largest absolute Gasteiger partial charge is 0.366 e. The molecule has 0 saturated carbocycles. The average Bonchev–Trinajstić information content (AvgIpc) is 2.93. The zero-order valence-electron chi connectivity index (χ0n) is 13.4. The minimum absolute atomic E-state index is 0.126. The number of rotatable bonds is 2. The molecule has 0 unspecified atom stereocenters. The summed E-state index contributed by atoms with van der Waals surface area (Å²) in [5.74, 6) is -0.247. The van der Waals surface area contributed by atoms with Crippen LogP contribution in [0.3, 0.4) is 0 Å². The maximum absolute atomic E-state index is 14.2. The first-order valence-corrected chi connectivity index (χ1v) is 7.77. The molecule has 0 spiro atoms. The van der Waals surface area contributed by atoms with Crippen molar-refractivity contribution in [3.63, 3.8) is 0 Å². The molecule has 2 aromatic rings. The maximum Gasteiger partial charge on any atom is 0.148 e. The fourth-order valence-electron chi connectivity index (χ4n) is 2.99. The lowest BCUT2D eigenvalue weighted by molar-refractivity contribution is 0.525. The quantitative estimate of drug-likeness (QED) is 0.926. The summed E-state index contributed by atoms with van der Waals surface area (Å²) < 4.78 is 16.0. The van der Waals surface area contributed by atoms with E-state index >= 15 is 0 Å². The Labute approximate surface area is 130 Å². The van der Waals surface area contributed by atoms with Gasteiger partial charge in [0, 0.05) is 31.6 Å². The molecule has 0 bridgehead atoms. The predicted octanol–water partition coefficient (Wildman–Crippen LogP) is 2.72. The van der Waals surface area contributed by atoms with E-state index in [9.17, 15) is 4.39 Å². The summed E-state index contributed by atoms with van der Waals surface area (Å²) in [6, 6.07) is 6.81. The molecule has 1 aliphatic rings. The van der Waals surface area contributed by atoms with Crippen LogP contribution in [0.4, 0.5) is 10.1 Å². The lowest BCUT2D eigenvalue weighted by Gasteiger charge is -2.32. The number of aromatic nitrogens is 2. The van der Waals surface area contributed by atoms with Crippen LogP contribution < -0.4 is 10.2 Å². The zero-order valence-corrected chi connectivity index (χ0v) is 13.4. The molecule has 1 fully saturated rings. The van der Waals surface area contributed by atoms with Gasteiger partial charge in [0.2, 0.25) is 0 Å². The first-order valence-electron chi connectivity index (χ1n) is 7.77. The molecule has 0 amide bonds. The van der Waals surface area contributed by atoms with Crippen molar-refractivity contribution in [1.82, 2.24) is 15.1 Å². The third kappa shape index (κ3) is 2.73. The summed E-state index contributed by atoms with van der Waals surface area (Å²) in [5, 5.41) is 7.86. The first kappa shape index (κ1) is 15.0. The highest BCUT2D eigenvalue weighted by atomic mass is 19.1. The molecule has 4 nitrogen and oxygen atoms in total. The van der Waals surface area contributed by atoms with Crippen LogP contribution in [0.15, 0.2) is 30.5 Å². The van der Waals surface area contributed by atoms with E-state index in [1.165, 1.54) is 6.07 Å². The molecule has 5 heteroatoms. The molecule has 1 aromatic carbocycles. The minimum atomic E-state index is -0.247. The molecule has 1 N–H and O–H groups in total. The smallest absolute Gasteiger partial charge is 0.148 e. The fraction of sp³-hybridized carbons (Fsp3) is 0.471. The predicted molar refractivity (Wildman–Crippen MR) is 87.3 cm³/mol. The van der Waals surface area contributed by atoms with E-state index in [0.29, 0.717) is 5.69 Å². The number of nitrogens with one attached hydrogen (secondary N) is 1. The Hall–Kier alpha value is -1.88. The van der Waals surface area contributed by atoms with Crippen LogP contribution in [-0.2, 0) is 5.41 Å². The van der Waals surface area contributed by atoms with E-state index in [-0.39, 0.29) is 11.2 Å². The topological polar surface area (TPSA) is 33.1 Å². The van der Waals surface area contributed by atoms with E-state index < -0.39 is 0 Å². The third-order valence-corrected chi connectivity index (χ3v) is 4.00. The van der Waals surface area contributed by atoms with Gasteiger partial charge in [-0.1, -0.05) is 32.9 Å². The van der Waals surface area contributed by atoms with Crippen molar-refractivity contribution in [2.45, 2.75) is 26.2 Å². The second kappa shape index (κ2) is 5.72. The zero-order chi connectivity index (χ0) is 15.7. The summed E-state index contributed by atoms with van der Waals surface area (Å²) in [7, 11) is 0. The van der Waals surface area contributed by atoms with Crippen LogP contribution in [0.25, 0.3) is 5.69 Å². The van der Waals surface area contributed by atoms with Crippen LogP contribution in [0, 0.1) is 5.82 Å². The number of benzene rings is 1. The molecule has 0 aliphatic carbocycles. The monoisotopic (exact) mass is 302 g/mol. The molecule has 2 heterocycles. The summed E-state index contributed by atoms with van der Waals surface area (Å²) in [6.07, 6.45) is 1.87. The SMILES string of the molecule is CC(C)(C)c1c(N2CCNCC2)cnn1-c1ccccc1F. The molecule has 1 aromatic heterocycles. The average molecular weight is 302 g/mol. The lowest BCUT2D eigenvalue weighted by Crippen LogP contribution is -2.44. The van der Waals surface area contributed by atoms with E-state index in [0.717, 1.165) is 37.6 Å². The minimum Gasteiger partial charge on any atom is -0.366 e. The highest BCUT2D eigenvalue weighted by Gasteiger charge is 2.28. The van der Waals surface area contributed by atoms with Crippen molar-refractivity contribution < 1.29 is 4.39 Å². The van der Waals surface area contributed by atoms with E-state index in [1.807, 2.05) is 12.3 Å². The molecule has 118 valence electrons. The molecule has 0 radical (unpaired) electrons. The van der Waals surface area contributed by atoms with Gasteiger partial charge in [-0.05, 0) is 12.1 Å². The van der Waals surface area contributed by atoms with Crippen molar-refractivity contribution in [3.8, 4) is 5.69 Å². The molecular weight excluding hydrogens is 279 g/mol. The number of nitrogens with zero attached hydrogens (tertiary/aromatic N) is 3. The van der Waals surface area contributed by atoms with Gasteiger partial charge in [-0.25, -0.2) is 9.07 Å². The molecule has 22 heavy (non-hydrogen) atoms. The van der Waals surface area contributed by atoms with Gasteiger partial charge in [0.05, 0.1) is 17.6 Å². The van der Waals surface area contributed by atoms with Gasteiger partial charge in [0.15, 0.2) is 0 Å². The molecular formula is C17H23FN4. The van der Waals surface area contributed by atoms with Gasteiger partial charge in [-0.15, -0.1) is 0 Å². The second-order valence-electron chi connectivity index (χ2n) is 6.73. The van der Waals surface area contributed by atoms with Crippen LogP contribution in [0.2, 0.25) is 0 Å². The van der Waals surface area contributed by atoms with Gasteiger partial charge >= 0.3 is 0 Å². The standard InChI is InChI=1S/C17H23FN4/c1-17(2,3)16-15(21-10-8-19-9-11-21)12-20-22(16)14-7-5-4-6-13(14)18/h4-7,12,19H,8-11H2,1-3H3. The Morgan fingerprint density at radius 3 is 2.41 bits per heavy atom. The second-order valence-corrected chi connectivity index (χ2v) is 6.73. The van der Waals surface area contributed by atoms with E-state index in [1.54, 1.807) is 16.8 Å². The summed E-state index contributed by atoms with van der Waals surface area (Å²) in [5.41, 5.74) is 2.55. The Morgan fingerprint density at radius 2 is 1.77 bits per heavy atom. The first-order chi connectivity index (χ1) is 10.5. The molecule has 0 atom stereocenters. The van der Waals surface area contributed by atoms with Crippen molar-refractivity contribution in [2.75, 3.05) is 31.1 Å². The Balaban J connectivity index is 2.12. The van der Waals surface area contributed by atoms with Crippen LogP contribution >= 0.6 is 0 Å². The summed E-state index contributed by atoms with van der Waals surface area (Å²) >= 11 is 0. The normalized spacial score (nSPS) is 16.1. The summed E-state index contributed by atoms with van der Waals surface area (Å²) in [4.78, 5) is 2.33. The van der Waals surface area contributed by atoms with Gasteiger partial charge in [-0.3, -0.25) is 0 Å². The number of hydrogen-bond acceptors (Lipinski definition) is 3. The Kier molecular flexibility index (Phi) is 3.91. The Morgan fingerprint density at radius 1 is 1.09 bits per heavy atom. The molecule has 3 rings (SSSR count).